The Kier molecular flexibility index (Phi) is 7.05. The fourth-order valence-electron chi connectivity index (χ4n) is 9.64. The summed E-state index contributed by atoms with van der Waals surface area (Å²) in [6.07, 6.45) is 0. The van der Waals surface area contributed by atoms with Gasteiger partial charge in [0, 0.05) is 32.7 Å². The van der Waals surface area contributed by atoms with E-state index in [9.17, 15) is 0 Å². The second-order valence-electron chi connectivity index (χ2n) is 16.0. The molecule has 0 bridgehead atoms. The molecule has 0 fully saturated rings. The molecule has 0 spiro atoms. The summed E-state index contributed by atoms with van der Waals surface area (Å²) in [5.74, 6) is 0. The van der Waals surface area contributed by atoms with Crippen molar-refractivity contribution < 1.29 is 8.83 Å². The SMILES string of the molecule is c1cc(-c2ccc(-c3cccc(-c4cc5ccccc5c5c4oc4cc6ccccc6cc45)c3)cc2)cc(-c2cc3ccccc3c3c2oc2cc4ccccc4cc23)c1. The highest BCUT2D eigenvalue weighted by Crippen LogP contribution is 2.45. The van der Waals surface area contributed by atoms with E-state index >= 15 is 0 Å². The van der Waals surface area contributed by atoms with Gasteiger partial charge in [-0.15, -0.1) is 0 Å². The van der Waals surface area contributed by atoms with Crippen molar-refractivity contribution in [3.8, 4) is 44.5 Å². The number of fused-ring (bicyclic) bond motifs is 12. The second-order valence-corrected chi connectivity index (χ2v) is 16.0. The third-order valence-electron chi connectivity index (χ3n) is 12.6. The van der Waals surface area contributed by atoms with Crippen molar-refractivity contribution in [3.63, 3.8) is 0 Å². The maximum Gasteiger partial charge on any atom is 0.143 e. The fraction of sp³-hybridized carbons (Fsp3) is 0. The minimum atomic E-state index is 0.911. The molecule has 13 rings (SSSR count). The van der Waals surface area contributed by atoms with Crippen molar-refractivity contribution in [2.24, 2.45) is 0 Å². The lowest BCUT2D eigenvalue weighted by Crippen LogP contribution is -1.86. The Hall–Kier alpha value is -7.94. The highest BCUT2D eigenvalue weighted by Gasteiger charge is 2.19. The smallest absolute Gasteiger partial charge is 0.143 e. The van der Waals surface area contributed by atoms with Gasteiger partial charge in [0.05, 0.1) is 0 Å². The molecule has 11 aromatic carbocycles. The quantitative estimate of drug-likeness (QED) is 0.178. The number of hydrogen-bond donors (Lipinski definition) is 0. The normalized spacial score (nSPS) is 12.0. The van der Waals surface area contributed by atoms with Gasteiger partial charge in [-0.05, 0) is 125 Å². The maximum atomic E-state index is 6.78. The van der Waals surface area contributed by atoms with E-state index in [4.69, 9.17) is 8.83 Å². The summed E-state index contributed by atoms with van der Waals surface area (Å²) in [6, 6.07) is 74.5. The van der Waals surface area contributed by atoms with E-state index in [1.807, 2.05) is 0 Å². The zero-order valence-corrected chi connectivity index (χ0v) is 32.4. The van der Waals surface area contributed by atoms with Crippen molar-refractivity contribution in [3.05, 3.63) is 206 Å². The van der Waals surface area contributed by atoms with Crippen LogP contribution in [0.25, 0.3) is 131 Å². The average molecular weight is 763 g/mol. The van der Waals surface area contributed by atoms with Crippen LogP contribution in [0, 0.1) is 0 Å². The van der Waals surface area contributed by atoms with Crippen LogP contribution in [0.5, 0.6) is 0 Å². The average Bonchev–Trinajstić information content (AvgIpc) is 3.88. The molecule has 2 aromatic heterocycles. The molecule has 2 nitrogen and oxygen atoms in total. The van der Waals surface area contributed by atoms with Crippen molar-refractivity contribution >= 4 is 87.0 Å². The van der Waals surface area contributed by atoms with Gasteiger partial charge < -0.3 is 8.83 Å². The van der Waals surface area contributed by atoms with Crippen molar-refractivity contribution in [1.82, 2.24) is 0 Å². The van der Waals surface area contributed by atoms with Crippen LogP contribution in [0.2, 0.25) is 0 Å². The minimum Gasteiger partial charge on any atom is -0.455 e. The molecule has 0 aliphatic heterocycles. The van der Waals surface area contributed by atoms with E-state index < -0.39 is 0 Å². The monoisotopic (exact) mass is 762 g/mol. The zero-order chi connectivity index (χ0) is 39.3. The van der Waals surface area contributed by atoms with Crippen LogP contribution >= 0.6 is 0 Å². The first kappa shape index (κ1) is 33.1. The van der Waals surface area contributed by atoms with Crippen LogP contribution in [0.1, 0.15) is 0 Å². The van der Waals surface area contributed by atoms with Gasteiger partial charge in [-0.2, -0.15) is 0 Å². The minimum absolute atomic E-state index is 0.911. The molecule has 60 heavy (non-hydrogen) atoms. The van der Waals surface area contributed by atoms with Gasteiger partial charge in [-0.25, -0.2) is 0 Å². The third kappa shape index (κ3) is 5.08. The molecule has 0 saturated heterocycles. The van der Waals surface area contributed by atoms with E-state index in [0.717, 1.165) is 77.6 Å². The molecular formula is C58H34O2. The summed E-state index contributed by atoms with van der Waals surface area (Å²) < 4.78 is 13.6. The zero-order valence-electron chi connectivity index (χ0n) is 32.4. The predicted octanol–water partition coefficient (Wildman–Crippen LogP) is 16.8. The summed E-state index contributed by atoms with van der Waals surface area (Å²) in [6.45, 7) is 0. The summed E-state index contributed by atoms with van der Waals surface area (Å²) in [5, 5.41) is 14.2. The van der Waals surface area contributed by atoms with Crippen LogP contribution in [-0.4, -0.2) is 0 Å². The lowest BCUT2D eigenvalue weighted by atomic mass is 9.92. The molecular weight excluding hydrogens is 729 g/mol. The number of hydrogen-bond acceptors (Lipinski definition) is 2. The van der Waals surface area contributed by atoms with E-state index in [-0.39, 0.29) is 0 Å². The predicted molar refractivity (Wildman–Crippen MR) is 253 cm³/mol. The summed E-state index contributed by atoms with van der Waals surface area (Å²) >= 11 is 0. The Morgan fingerprint density at radius 3 is 1.03 bits per heavy atom. The van der Waals surface area contributed by atoms with Crippen LogP contribution < -0.4 is 0 Å². The van der Waals surface area contributed by atoms with Crippen LogP contribution in [-0.2, 0) is 0 Å². The number of furan rings is 2. The Bertz CT molecular complexity index is 3620. The first-order chi connectivity index (χ1) is 29.7. The van der Waals surface area contributed by atoms with Crippen molar-refractivity contribution in [2.45, 2.75) is 0 Å². The molecule has 0 N–H and O–H groups in total. The second kappa shape index (κ2) is 12.8. The van der Waals surface area contributed by atoms with E-state index in [2.05, 4.69) is 206 Å². The van der Waals surface area contributed by atoms with Crippen LogP contribution in [0.15, 0.2) is 215 Å². The van der Waals surface area contributed by atoms with Crippen molar-refractivity contribution in [1.29, 1.82) is 0 Å². The maximum absolute atomic E-state index is 6.78. The van der Waals surface area contributed by atoms with Crippen molar-refractivity contribution in [2.75, 3.05) is 0 Å². The highest BCUT2D eigenvalue weighted by atomic mass is 16.3. The van der Waals surface area contributed by atoms with Gasteiger partial charge in [-0.3, -0.25) is 0 Å². The molecule has 0 unspecified atom stereocenters. The first-order valence-corrected chi connectivity index (χ1v) is 20.6. The van der Waals surface area contributed by atoms with Gasteiger partial charge in [0.15, 0.2) is 0 Å². The van der Waals surface area contributed by atoms with E-state index in [1.54, 1.807) is 0 Å². The van der Waals surface area contributed by atoms with Crippen LogP contribution in [0.4, 0.5) is 0 Å². The Morgan fingerprint density at radius 2 is 0.600 bits per heavy atom. The molecule has 0 amide bonds. The van der Waals surface area contributed by atoms with Gasteiger partial charge in [0.25, 0.3) is 0 Å². The van der Waals surface area contributed by atoms with E-state index in [1.165, 1.54) is 53.9 Å². The molecule has 2 heteroatoms. The van der Waals surface area contributed by atoms with Gasteiger partial charge >= 0.3 is 0 Å². The van der Waals surface area contributed by atoms with Gasteiger partial charge in [-0.1, -0.05) is 158 Å². The first-order valence-electron chi connectivity index (χ1n) is 20.6. The van der Waals surface area contributed by atoms with Gasteiger partial charge in [0.2, 0.25) is 0 Å². The number of benzene rings is 11. The Labute approximate surface area is 345 Å². The highest BCUT2D eigenvalue weighted by molar-refractivity contribution is 6.25. The molecule has 0 radical (unpaired) electrons. The summed E-state index contributed by atoms with van der Waals surface area (Å²) in [7, 11) is 0. The largest absolute Gasteiger partial charge is 0.455 e. The molecule has 0 aliphatic rings. The Morgan fingerprint density at radius 1 is 0.233 bits per heavy atom. The van der Waals surface area contributed by atoms with Gasteiger partial charge in [0.1, 0.15) is 22.3 Å². The molecule has 0 saturated carbocycles. The van der Waals surface area contributed by atoms with Crippen LogP contribution in [0.3, 0.4) is 0 Å². The third-order valence-corrected chi connectivity index (χ3v) is 12.6. The topological polar surface area (TPSA) is 26.3 Å². The number of rotatable bonds is 4. The lowest BCUT2D eigenvalue weighted by molar-refractivity contribution is 0.670. The molecule has 278 valence electrons. The summed E-state index contributed by atoms with van der Waals surface area (Å²) in [4.78, 5) is 0. The lowest BCUT2D eigenvalue weighted by Gasteiger charge is -2.11. The standard InChI is InChI=1S/C58H34O2/c1-3-13-41-33-53-51(29-39(41)11-1)55-47-21-7-5-15-45(47)31-49(57(55)59-53)43-19-9-17-37(27-43)35-23-25-36(26-24-35)38-18-10-20-44(28-38)50-32-46-16-6-8-22-48(46)56-52-30-40-12-2-4-14-42(40)34-54(52)60-58(50)56/h1-34H. The Balaban J connectivity index is 0.894. The molecule has 13 aromatic rings. The molecule has 0 atom stereocenters. The fourth-order valence-corrected chi connectivity index (χ4v) is 9.64. The molecule has 0 aliphatic carbocycles. The van der Waals surface area contributed by atoms with E-state index in [0.29, 0.717) is 0 Å². The molecule has 2 heterocycles. The summed E-state index contributed by atoms with van der Waals surface area (Å²) in [5.41, 5.74) is 12.8.